The zero-order valence-corrected chi connectivity index (χ0v) is 13.8. The average Bonchev–Trinajstić information content (AvgIpc) is 2.92. The molecule has 0 saturated carbocycles. The second-order valence-electron chi connectivity index (χ2n) is 5.28. The summed E-state index contributed by atoms with van der Waals surface area (Å²) in [6, 6.07) is 7.12. The summed E-state index contributed by atoms with van der Waals surface area (Å²) in [6.07, 6.45) is -0.718. The summed E-state index contributed by atoms with van der Waals surface area (Å²) in [5.41, 5.74) is 2.78. The normalized spacial score (nSPS) is 13.5. The molecule has 2 atom stereocenters. The van der Waals surface area contributed by atoms with Crippen molar-refractivity contribution in [3.8, 4) is 0 Å². The Morgan fingerprint density at radius 3 is 2.73 bits per heavy atom. The molecule has 2 aromatic rings. The number of amides is 2. The van der Waals surface area contributed by atoms with Gasteiger partial charge < -0.3 is 15.7 Å². The van der Waals surface area contributed by atoms with Crippen LogP contribution in [0.25, 0.3) is 0 Å². The lowest BCUT2D eigenvalue weighted by molar-refractivity contribution is 0.172. The molecular formula is C16H21N3O2S. The van der Waals surface area contributed by atoms with Crippen LogP contribution in [0.1, 0.15) is 40.9 Å². The van der Waals surface area contributed by atoms with Gasteiger partial charge in [0.1, 0.15) is 5.01 Å². The quantitative estimate of drug-likeness (QED) is 0.793. The van der Waals surface area contributed by atoms with Gasteiger partial charge in [0.05, 0.1) is 12.1 Å². The molecular weight excluding hydrogens is 298 g/mol. The highest BCUT2D eigenvalue weighted by Crippen LogP contribution is 2.18. The van der Waals surface area contributed by atoms with Gasteiger partial charge in [-0.1, -0.05) is 24.3 Å². The summed E-state index contributed by atoms with van der Waals surface area (Å²) >= 11 is 1.52. The molecule has 0 aliphatic rings. The highest BCUT2D eigenvalue weighted by molar-refractivity contribution is 7.09. The third-order valence-corrected chi connectivity index (χ3v) is 4.50. The van der Waals surface area contributed by atoms with Crippen molar-refractivity contribution in [2.45, 2.75) is 32.9 Å². The van der Waals surface area contributed by atoms with Crippen LogP contribution in [0.15, 0.2) is 29.6 Å². The number of hydrogen-bond acceptors (Lipinski definition) is 4. The number of aliphatic hydroxyl groups excluding tert-OH is 1. The molecule has 0 bridgehead atoms. The topological polar surface area (TPSA) is 74.2 Å². The summed E-state index contributed by atoms with van der Waals surface area (Å²) in [5.74, 6) is 0. The first kappa shape index (κ1) is 16.5. The van der Waals surface area contributed by atoms with E-state index in [1.165, 1.54) is 11.3 Å². The molecule has 5 nitrogen and oxygen atoms in total. The molecule has 0 aliphatic heterocycles. The third kappa shape index (κ3) is 4.29. The van der Waals surface area contributed by atoms with Crippen LogP contribution in [0, 0.1) is 13.8 Å². The van der Waals surface area contributed by atoms with Crippen molar-refractivity contribution in [2.24, 2.45) is 0 Å². The number of hydrogen-bond donors (Lipinski definition) is 3. The number of carbonyl (C=O) groups is 1. The number of aromatic nitrogens is 1. The van der Waals surface area contributed by atoms with Crippen molar-refractivity contribution in [1.29, 1.82) is 0 Å². The number of carbonyl (C=O) groups excluding carboxylic acids is 1. The van der Waals surface area contributed by atoms with E-state index in [1.54, 1.807) is 0 Å². The minimum atomic E-state index is -0.718. The minimum absolute atomic E-state index is 0.158. The van der Waals surface area contributed by atoms with Crippen LogP contribution in [0.2, 0.25) is 0 Å². The van der Waals surface area contributed by atoms with Gasteiger partial charge in [-0.2, -0.15) is 0 Å². The predicted molar refractivity (Wildman–Crippen MR) is 87.9 cm³/mol. The molecule has 118 valence electrons. The van der Waals surface area contributed by atoms with Gasteiger partial charge in [0.25, 0.3) is 0 Å². The maximum absolute atomic E-state index is 11.9. The Kier molecular flexibility index (Phi) is 5.51. The van der Waals surface area contributed by atoms with Crippen LogP contribution >= 0.6 is 11.3 Å². The number of thiazole rings is 1. The van der Waals surface area contributed by atoms with E-state index in [1.807, 2.05) is 50.4 Å². The second kappa shape index (κ2) is 7.38. The standard InChI is InChI=1S/C16H21N3O2S/c1-10-6-4-5-7-13(10)14(20)8-17-16(21)19-12(3)15-18-11(2)9-22-15/h4-7,9,12,14,20H,8H2,1-3H3,(H2,17,19,21). The first-order valence-corrected chi connectivity index (χ1v) is 8.05. The minimum Gasteiger partial charge on any atom is -0.387 e. The number of benzene rings is 1. The van der Waals surface area contributed by atoms with E-state index in [2.05, 4.69) is 15.6 Å². The zero-order valence-electron chi connectivity index (χ0n) is 13.0. The van der Waals surface area contributed by atoms with Crippen LogP contribution in [-0.2, 0) is 0 Å². The number of nitrogens with one attached hydrogen (secondary N) is 2. The lowest BCUT2D eigenvalue weighted by Gasteiger charge is -2.16. The van der Waals surface area contributed by atoms with E-state index >= 15 is 0 Å². The van der Waals surface area contributed by atoms with Crippen molar-refractivity contribution in [2.75, 3.05) is 6.54 Å². The Balaban J connectivity index is 1.84. The van der Waals surface area contributed by atoms with Crippen molar-refractivity contribution in [1.82, 2.24) is 15.6 Å². The maximum Gasteiger partial charge on any atom is 0.315 e. The number of urea groups is 1. The van der Waals surface area contributed by atoms with Gasteiger partial charge in [0.15, 0.2) is 0 Å². The third-order valence-electron chi connectivity index (χ3n) is 3.36. The first-order valence-electron chi connectivity index (χ1n) is 7.17. The van der Waals surface area contributed by atoms with E-state index in [-0.39, 0.29) is 18.6 Å². The molecule has 0 fully saturated rings. The summed E-state index contributed by atoms with van der Waals surface area (Å²) < 4.78 is 0. The van der Waals surface area contributed by atoms with Gasteiger partial charge in [-0.25, -0.2) is 9.78 Å². The fourth-order valence-corrected chi connectivity index (χ4v) is 2.94. The molecule has 0 saturated heterocycles. The SMILES string of the molecule is Cc1csc(C(C)NC(=O)NCC(O)c2ccccc2C)n1. The van der Waals surface area contributed by atoms with Gasteiger partial charge in [-0.05, 0) is 31.9 Å². The van der Waals surface area contributed by atoms with Crippen molar-refractivity contribution in [3.63, 3.8) is 0 Å². The molecule has 22 heavy (non-hydrogen) atoms. The van der Waals surface area contributed by atoms with Crippen LogP contribution < -0.4 is 10.6 Å². The number of rotatable bonds is 5. The highest BCUT2D eigenvalue weighted by Gasteiger charge is 2.14. The van der Waals surface area contributed by atoms with Crippen molar-refractivity contribution >= 4 is 17.4 Å². The molecule has 6 heteroatoms. The van der Waals surface area contributed by atoms with E-state index in [4.69, 9.17) is 0 Å². The fraction of sp³-hybridized carbons (Fsp3) is 0.375. The number of aliphatic hydroxyl groups is 1. The van der Waals surface area contributed by atoms with Crippen LogP contribution in [-0.4, -0.2) is 22.7 Å². The lowest BCUT2D eigenvalue weighted by Crippen LogP contribution is -2.39. The fourth-order valence-electron chi connectivity index (χ4n) is 2.14. The average molecular weight is 319 g/mol. The molecule has 1 aromatic carbocycles. The summed E-state index contributed by atoms with van der Waals surface area (Å²) in [4.78, 5) is 16.2. The molecule has 2 amide bonds. The molecule has 0 spiro atoms. The molecule has 2 rings (SSSR count). The highest BCUT2D eigenvalue weighted by atomic mass is 32.1. The number of aryl methyl sites for hydroxylation is 2. The largest absolute Gasteiger partial charge is 0.387 e. The molecule has 0 radical (unpaired) electrons. The monoisotopic (exact) mass is 319 g/mol. The van der Waals surface area contributed by atoms with E-state index < -0.39 is 6.10 Å². The van der Waals surface area contributed by atoms with Gasteiger partial charge >= 0.3 is 6.03 Å². The summed E-state index contributed by atoms with van der Waals surface area (Å²) in [7, 11) is 0. The number of nitrogens with zero attached hydrogens (tertiary/aromatic N) is 1. The molecule has 1 heterocycles. The Hall–Kier alpha value is -1.92. The Morgan fingerprint density at radius 2 is 2.09 bits per heavy atom. The smallest absolute Gasteiger partial charge is 0.315 e. The van der Waals surface area contributed by atoms with Crippen LogP contribution in [0.4, 0.5) is 4.79 Å². The Labute approximate surface area is 134 Å². The zero-order chi connectivity index (χ0) is 16.1. The van der Waals surface area contributed by atoms with Crippen LogP contribution in [0.5, 0.6) is 0 Å². The van der Waals surface area contributed by atoms with Crippen LogP contribution in [0.3, 0.4) is 0 Å². The maximum atomic E-state index is 11.9. The van der Waals surface area contributed by atoms with E-state index in [0.717, 1.165) is 21.8 Å². The molecule has 1 aromatic heterocycles. The molecule has 0 aliphatic carbocycles. The first-order chi connectivity index (χ1) is 10.5. The molecule has 3 N–H and O–H groups in total. The van der Waals surface area contributed by atoms with Gasteiger partial charge in [0, 0.05) is 17.6 Å². The predicted octanol–water partition coefficient (Wildman–Crippen LogP) is 2.85. The van der Waals surface area contributed by atoms with Gasteiger partial charge in [0.2, 0.25) is 0 Å². The summed E-state index contributed by atoms with van der Waals surface area (Å²) in [6.45, 7) is 5.91. The van der Waals surface area contributed by atoms with Crippen molar-refractivity contribution < 1.29 is 9.90 Å². The van der Waals surface area contributed by atoms with Gasteiger partial charge in [-0.3, -0.25) is 0 Å². The lowest BCUT2D eigenvalue weighted by atomic mass is 10.0. The van der Waals surface area contributed by atoms with Gasteiger partial charge in [-0.15, -0.1) is 11.3 Å². The summed E-state index contributed by atoms with van der Waals surface area (Å²) in [5, 5.41) is 18.5. The van der Waals surface area contributed by atoms with E-state index in [0.29, 0.717) is 0 Å². The second-order valence-corrected chi connectivity index (χ2v) is 6.17. The molecule has 2 unspecified atom stereocenters. The Morgan fingerprint density at radius 1 is 1.36 bits per heavy atom. The Bertz CT molecular complexity index is 642. The van der Waals surface area contributed by atoms with Crippen molar-refractivity contribution in [3.05, 3.63) is 51.5 Å². The van der Waals surface area contributed by atoms with E-state index in [9.17, 15) is 9.90 Å².